The van der Waals surface area contributed by atoms with Crippen LogP contribution in [0.25, 0.3) is 0 Å². The molecule has 3 N–H and O–H groups in total. The van der Waals surface area contributed by atoms with Gasteiger partial charge in [0.1, 0.15) is 17.3 Å². The van der Waals surface area contributed by atoms with Crippen LogP contribution >= 0.6 is 0 Å². The molecule has 0 bridgehead atoms. The molecule has 0 aliphatic carbocycles. The van der Waals surface area contributed by atoms with Crippen molar-refractivity contribution in [2.75, 3.05) is 11.1 Å². The summed E-state index contributed by atoms with van der Waals surface area (Å²) in [4.78, 5) is 18.6. The first-order valence-electron chi connectivity index (χ1n) is 5.62. The van der Waals surface area contributed by atoms with E-state index in [-0.39, 0.29) is 12.2 Å². The lowest BCUT2D eigenvalue weighted by Crippen LogP contribution is -2.07. The second-order valence-corrected chi connectivity index (χ2v) is 4.03. The Hall–Kier alpha value is -2.70. The predicted octanol–water partition coefficient (Wildman–Crippen LogP) is 1.89. The van der Waals surface area contributed by atoms with Crippen LogP contribution in [0.15, 0.2) is 30.5 Å². The van der Waals surface area contributed by atoms with Crippen molar-refractivity contribution >= 4 is 17.2 Å². The normalized spacial score (nSPS) is 10.2. The summed E-state index contributed by atoms with van der Waals surface area (Å²) in [6.45, 7) is 2.08. The number of anilines is 2. The molecule has 0 radical (unpaired) electrons. The van der Waals surface area contributed by atoms with E-state index >= 15 is 0 Å². The number of rotatable bonds is 4. The van der Waals surface area contributed by atoms with E-state index in [0.29, 0.717) is 17.3 Å². The molecule has 0 saturated heterocycles. The third-order valence-corrected chi connectivity index (χ3v) is 2.51. The molecule has 0 fully saturated rings. The Balaban J connectivity index is 2.17. The Morgan fingerprint density at radius 3 is 2.89 bits per heavy atom. The van der Waals surface area contributed by atoms with Crippen molar-refractivity contribution in [2.45, 2.75) is 13.5 Å². The van der Waals surface area contributed by atoms with Gasteiger partial charge < -0.3 is 11.1 Å². The molecule has 0 saturated carbocycles. The summed E-state index contributed by atoms with van der Waals surface area (Å²) in [5.74, 6) is 0.847. The van der Waals surface area contributed by atoms with Gasteiger partial charge in [0.2, 0.25) is 0 Å². The number of nitrogens with zero attached hydrogens (tertiary/aromatic N) is 3. The zero-order valence-corrected chi connectivity index (χ0v) is 10.3. The van der Waals surface area contributed by atoms with Crippen molar-refractivity contribution in [3.8, 4) is 0 Å². The molecule has 1 heterocycles. The average Bonchev–Trinajstić information content (AvgIpc) is 2.37. The number of nitro benzene ring substituents is 1. The molecule has 19 heavy (non-hydrogen) atoms. The van der Waals surface area contributed by atoms with E-state index in [2.05, 4.69) is 15.3 Å². The van der Waals surface area contributed by atoms with Crippen LogP contribution in [0, 0.1) is 17.0 Å². The lowest BCUT2D eigenvalue weighted by Gasteiger charge is -2.07. The number of benzene rings is 1. The van der Waals surface area contributed by atoms with E-state index in [1.54, 1.807) is 31.3 Å². The number of aryl methyl sites for hydroxylation is 1. The van der Waals surface area contributed by atoms with Crippen LogP contribution in [-0.2, 0) is 6.54 Å². The van der Waals surface area contributed by atoms with Gasteiger partial charge in [-0.2, -0.15) is 0 Å². The largest absolute Gasteiger partial charge is 0.384 e. The number of aromatic nitrogens is 2. The molecule has 1 aromatic carbocycles. The number of hydrogen-bond donors (Lipinski definition) is 2. The van der Waals surface area contributed by atoms with Crippen molar-refractivity contribution < 1.29 is 4.92 Å². The van der Waals surface area contributed by atoms with Gasteiger partial charge in [-0.05, 0) is 24.6 Å². The molecule has 2 aromatic rings. The summed E-state index contributed by atoms with van der Waals surface area (Å²) in [5, 5.41) is 13.9. The van der Waals surface area contributed by atoms with E-state index in [1.807, 2.05) is 0 Å². The van der Waals surface area contributed by atoms with Gasteiger partial charge in [-0.3, -0.25) is 10.1 Å². The Kier molecular flexibility index (Phi) is 3.56. The summed E-state index contributed by atoms with van der Waals surface area (Å²) in [6.07, 6.45) is 1.54. The maximum atomic E-state index is 11.0. The first-order chi connectivity index (χ1) is 9.06. The molecular formula is C12H13N5O2. The van der Waals surface area contributed by atoms with Gasteiger partial charge in [-0.1, -0.05) is 6.07 Å². The summed E-state index contributed by atoms with van der Waals surface area (Å²) < 4.78 is 0. The molecule has 0 aliphatic rings. The van der Waals surface area contributed by atoms with Gasteiger partial charge in [0, 0.05) is 12.3 Å². The number of nitrogen functional groups attached to an aromatic ring is 1. The number of nitrogens with two attached hydrogens (primary N) is 1. The average molecular weight is 259 g/mol. The van der Waals surface area contributed by atoms with Crippen LogP contribution < -0.4 is 11.1 Å². The monoisotopic (exact) mass is 259 g/mol. The van der Waals surface area contributed by atoms with Crippen molar-refractivity contribution in [2.24, 2.45) is 0 Å². The van der Waals surface area contributed by atoms with Crippen molar-refractivity contribution in [1.29, 1.82) is 0 Å². The highest BCUT2D eigenvalue weighted by Crippen LogP contribution is 2.25. The van der Waals surface area contributed by atoms with E-state index in [4.69, 9.17) is 5.73 Å². The standard InChI is InChI=1S/C12H13N5O2/c1-8-2-3-9(10(6-8)17(18)19)15-7-12-14-5-4-11(13)16-12/h2-6,15H,7H2,1H3,(H2,13,14,16). The summed E-state index contributed by atoms with van der Waals surface area (Å²) in [6, 6.07) is 6.57. The molecule has 2 rings (SSSR count). The maximum absolute atomic E-state index is 11.0. The van der Waals surface area contributed by atoms with E-state index in [9.17, 15) is 10.1 Å². The number of nitrogens with one attached hydrogen (secondary N) is 1. The molecule has 0 unspecified atom stereocenters. The van der Waals surface area contributed by atoms with Crippen LogP contribution in [0.3, 0.4) is 0 Å². The predicted molar refractivity (Wildman–Crippen MR) is 71.6 cm³/mol. The maximum Gasteiger partial charge on any atom is 0.292 e. The Morgan fingerprint density at radius 2 is 2.21 bits per heavy atom. The molecular weight excluding hydrogens is 246 g/mol. The molecule has 0 atom stereocenters. The van der Waals surface area contributed by atoms with Crippen LogP contribution in [0.5, 0.6) is 0 Å². The number of hydrogen-bond acceptors (Lipinski definition) is 6. The molecule has 0 spiro atoms. The summed E-state index contributed by atoms with van der Waals surface area (Å²) in [5.41, 5.74) is 6.83. The highest BCUT2D eigenvalue weighted by Gasteiger charge is 2.13. The Labute approximate surface area is 109 Å². The topological polar surface area (TPSA) is 107 Å². The Bertz CT molecular complexity index is 615. The van der Waals surface area contributed by atoms with Gasteiger partial charge in [0.05, 0.1) is 11.5 Å². The fourth-order valence-electron chi connectivity index (χ4n) is 1.62. The molecule has 7 nitrogen and oxygen atoms in total. The van der Waals surface area contributed by atoms with Crippen molar-refractivity contribution in [1.82, 2.24) is 9.97 Å². The van der Waals surface area contributed by atoms with Gasteiger partial charge in [0.25, 0.3) is 5.69 Å². The van der Waals surface area contributed by atoms with Crippen LogP contribution in [0.4, 0.5) is 17.2 Å². The second kappa shape index (κ2) is 5.30. The molecule has 0 aliphatic heterocycles. The molecule has 98 valence electrons. The van der Waals surface area contributed by atoms with Gasteiger partial charge in [0.15, 0.2) is 0 Å². The third kappa shape index (κ3) is 3.15. The first-order valence-corrected chi connectivity index (χ1v) is 5.62. The lowest BCUT2D eigenvalue weighted by atomic mass is 10.2. The van der Waals surface area contributed by atoms with Gasteiger partial charge in [-0.25, -0.2) is 9.97 Å². The van der Waals surface area contributed by atoms with Crippen LogP contribution in [-0.4, -0.2) is 14.9 Å². The van der Waals surface area contributed by atoms with Gasteiger partial charge >= 0.3 is 0 Å². The van der Waals surface area contributed by atoms with E-state index in [1.165, 1.54) is 6.07 Å². The highest BCUT2D eigenvalue weighted by molar-refractivity contribution is 5.62. The summed E-state index contributed by atoms with van der Waals surface area (Å²) >= 11 is 0. The molecule has 7 heteroatoms. The fraction of sp³-hybridized carbons (Fsp3) is 0.167. The van der Waals surface area contributed by atoms with E-state index < -0.39 is 4.92 Å². The number of nitro groups is 1. The van der Waals surface area contributed by atoms with Crippen molar-refractivity contribution in [3.63, 3.8) is 0 Å². The fourth-order valence-corrected chi connectivity index (χ4v) is 1.62. The zero-order valence-electron chi connectivity index (χ0n) is 10.3. The van der Waals surface area contributed by atoms with Crippen LogP contribution in [0.2, 0.25) is 0 Å². The van der Waals surface area contributed by atoms with E-state index in [0.717, 1.165) is 5.56 Å². The highest BCUT2D eigenvalue weighted by atomic mass is 16.6. The minimum atomic E-state index is -0.421. The van der Waals surface area contributed by atoms with Gasteiger partial charge in [-0.15, -0.1) is 0 Å². The summed E-state index contributed by atoms with van der Waals surface area (Å²) in [7, 11) is 0. The minimum Gasteiger partial charge on any atom is -0.384 e. The molecule has 0 amide bonds. The Morgan fingerprint density at radius 1 is 1.42 bits per heavy atom. The van der Waals surface area contributed by atoms with Crippen LogP contribution in [0.1, 0.15) is 11.4 Å². The minimum absolute atomic E-state index is 0.0314. The first kappa shape index (κ1) is 12.7. The third-order valence-electron chi connectivity index (χ3n) is 2.51. The molecule has 1 aromatic heterocycles. The zero-order chi connectivity index (χ0) is 13.8. The quantitative estimate of drug-likeness (QED) is 0.641. The lowest BCUT2D eigenvalue weighted by molar-refractivity contribution is -0.384. The smallest absolute Gasteiger partial charge is 0.292 e. The second-order valence-electron chi connectivity index (χ2n) is 4.03. The van der Waals surface area contributed by atoms with Crippen molar-refractivity contribution in [3.05, 3.63) is 52.0 Å². The SMILES string of the molecule is Cc1ccc(NCc2nccc(N)n2)c([N+](=O)[O-])c1.